The highest BCUT2D eigenvalue weighted by atomic mass is 32.1. The van der Waals surface area contributed by atoms with Crippen molar-refractivity contribution in [2.75, 3.05) is 6.54 Å². The maximum atomic E-state index is 3.68. The molecule has 0 aliphatic heterocycles. The third-order valence-corrected chi connectivity index (χ3v) is 2.80. The van der Waals surface area contributed by atoms with Crippen LogP contribution in [0, 0.1) is 6.92 Å². The van der Waals surface area contributed by atoms with Crippen molar-refractivity contribution in [2.45, 2.75) is 19.9 Å². The molecule has 1 aromatic rings. The van der Waals surface area contributed by atoms with Crippen molar-refractivity contribution < 1.29 is 0 Å². The summed E-state index contributed by atoms with van der Waals surface area (Å²) in [6, 6.07) is 2.16. The van der Waals surface area contributed by atoms with E-state index in [0.717, 1.165) is 19.5 Å². The Balaban J connectivity index is 2.24. The van der Waals surface area contributed by atoms with Crippen molar-refractivity contribution in [3.05, 3.63) is 34.5 Å². The predicted molar refractivity (Wildman–Crippen MR) is 55.6 cm³/mol. The Morgan fingerprint density at radius 1 is 1.67 bits per heavy atom. The summed E-state index contributed by atoms with van der Waals surface area (Å²) in [6.45, 7) is 7.86. The zero-order valence-electron chi connectivity index (χ0n) is 7.47. The van der Waals surface area contributed by atoms with Crippen molar-refractivity contribution in [3.8, 4) is 0 Å². The van der Waals surface area contributed by atoms with Crippen LogP contribution in [0.1, 0.15) is 16.9 Å². The third-order valence-electron chi connectivity index (χ3n) is 1.78. The van der Waals surface area contributed by atoms with Gasteiger partial charge in [-0.2, -0.15) is 0 Å². The highest BCUT2D eigenvalue weighted by molar-refractivity contribution is 7.10. The lowest BCUT2D eigenvalue weighted by Gasteiger charge is -2.00. The van der Waals surface area contributed by atoms with E-state index >= 15 is 0 Å². The number of rotatable bonds is 5. The SMILES string of the molecule is C=CCCNCc1sccc1C. The minimum atomic E-state index is 0.997. The molecule has 0 amide bonds. The Labute approximate surface area is 78.1 Å². The number of aryl methyl sites for hydroxylation is 1. The van der Waals surface area contributed by atoms with E-state index < -0.39 is 0 Å². The second-order valence-electron chi connectivity index (χ2n) is 2.78. The first-order valence-corrected chi connectivity index (χ1v) is 5.07. The van der Waals surface area contributed by atoms with Crippen molar-refractivity contribution in [1.29, 1.82) is 0 Å². The molecule has 0 aliphatic carbocycles. The normalized spacial score (nSPS) is 10.1. The summed E-state index contributed by atoms with van der Waals surface area (Å²) in [5, 5.41) is 5.51. The first-order valence-electron chi connectivity index (χ1n) is 4.19. The lowest BCUT2D eigenvalue weighted by atomic mass is 10.3. The topological polar surface area (TPSA) is 12.0 Å². The number of hydrogen-bond donors (Lipinski definition) is 1. The molecule has 66 valence electrons. The number of hydrogen-bond acceptors (Lipinski definition) is 2. The van der Waals surface area contributed by atoms with Gasteiger partial charge in [0.1, 0.15) is 0 Å². The molecule has 1 heterocycles. The molecule has 0 bridgehead atoms. The Hall–Kier alpha value is -0.600. The molecule has 0 radical (unpaired) electrons. The lowest BCUT2D eigenvalue weighted by molar-refractivity contribution is 0.701. The highest BCUT2D eigenvalue weighted by Gasteiger charge is 1.96. The average molecular weight is 181 g/mol. The summed E-state index contributed by atoms with van der Waals surface area (Å²) < 4.78 is 0. The van der Waals surface area contributed by atoms with Gasteiger partial charge in [0.15, 0.2) is 0 Å². The zero-order valence-corrected chi connectivity index (χ0v) is 8.29. The molecule has 1 N–H and O–H groups in total. The monoisotopic (exact) mass is 181 g/mol. The fourth-order valence-corrected chi connectivity index (χ4v) is 1.87. The molecule has 2 heteroatoms. The summed E-state index contributed by atoms with van der Waals surface area (Å²) in [6.07, 6.45) is 2.98. The van der Waals surface area contributed by atoms with Crippen LogP contribution in [0.5, 0.6) is 0 Å². The number of nitrogens with one attached hydrogen (secondary N) is 1. The molecule has 1 aromatic heterocycles. The van der Waals surface area contributed by atoms with Gasteiger partial charge >= 0.3 is 0 Å². The van der Waals surface area contributed by atoms with Crippen molar-refractivity contribution in [1.82, 2.24) is 5.32 Å². The van der Waals surface area contributed by atoms with Gasteiger partial charge in [-0.05, 0) is 36.9 Å². The lowest BCUT2D eigenvalue weighted by Crippen LogP contribution is -2.13. The van der Waals surface area contributed by atoms with Crippen molar-refractivity contribution in [2.24, 2.45) is 0 Å². The molecule has 0 saturated carbocycles. The van der Waals surface area contributed by atoms with Crippen molar-refractivity contribution in [3.63, 3.8) is 0 Å². The quantitative estimate of drug-likeness (QED) is 0.544. The molecule has 0 aliphatic rings. The zero-order chi connectivity index (χ0) is 8.81. The van der Waals surface area contributed by atoms with Gasteiger partial charge in [0.25, 0.3) is 0 Å². The molecule has 12 heavy (non-hydrogen) atoms. The van der Waals surface area contributed by atoms with Crippen LogP contribution in [0.3, 0.4) is 0 Å². The van der Waals surface area contributed by atoms with Gasteiger partial charge in [0.2, 0.25) is 0 Å². The largest absolute Gasteiger partial charge is 0.312 e. The number of thiophene rings is 1. The second-order valence-corrected chi connectivity index (χ2v) is 3.78. The van der Waals surface area contributed by atoms with Gasteiger partial charge in [-0.3, -0.25) is 0 Å². The van der Waals surface area contributed by atoms with Gasteiger partial charge in [0.05, 0.1) is 0 Å². The Morgan fingerprint density at radius 2 is 2.50 bits per heavy atom. The minimum Gasteiger partial charge on any atom is -0.312 e. The smallest absolute Gasteiger partial charge is 0.0302 e. The van der Waals surface area contributed by atoms with Gasteiger partial charge < -0.3 is 5.32 Å². The third kappa shape index (κ3) is 2.80. The van der Waals surface area contributed by atoms with Gasteiger partial charge in [-0.15, -0.1) is 17.9 Å². The maximum absolute atomic E-state index is 3.68. The summed E-state index contributed by atoms with van der Waals surface area (Å²) in [7, 11) is 0. The van der Waals surface area contributed by atoms with Crippen LogP contribution in [-0.2, 0) is 6.54 Å². The highest BCUT2D eigenvalue weighted by Crippen LogP contribution is 2.14. The molecular weight excluding hydrogens is 166 g/mol. The molecule has 0 aromatic carbocycles. The van der Waals surface area contributed by atoms with Crippen LogP contribution in [0.2, 0.25) is 0 Å². The predicted octanol–water partition coefficient (Wildman–Crippen LogP) is 2.72. The second kappa shape index (κ2) is 5.12. The first-order chi connectivity index (χ1) is 5.84. The maximum Gasteiger partial charge on any atom is 0.0302 e. The fraction of sp³-hybridized carbons (Fsp3) is 0.400. The van der Waals surface area contributed by atoms with Gasteiger partial charge in [0, 0.05) is 11.4 Å². The van der Waals surface area contributed by atoms with E-state index in [1.54, 1.807) is 0 Å². The van der Waals surface area contributed by atoms with E-state index in [1.807, 2.05) is 17.4 Å². The van der Waals surface area contributed by atoms with Crippen LogP contribution >= 0.6 is 11.3 Å². The molecule has 0 spiro atoms. The van der Waals surface area contributed by atoms with Crippen LogP contribution in [0.4, 0.5) is 0 Å². The fourth-order valence-electron chi connectivity index (χ4n) is 0.991. The summed E-state index contributed by atoms with van der Waals surface area (Å²) >= 11 is 1.82. The molecule has 0 fully saturated rings. The van der Waals surface area contributed by atoms with Crippen LogP contribution in [0.25, 0.3) is 0 Å². The van der Waals surface area contributed by atoms with Crippen molar-refractivity contribution >= 4 is 11.3 Å². The standard InChI is InChI=1S/C10H15NS/c1-3-4-6-11-8-10-9(2)5-7-12-10/h3,5,7,11H,1,4,6,8H2,2H3. The van der Waals surface area contributed by atoms with E-state index in [4.69, 9.17) is 0 Å². The summed E-state index contributed by atoms with van der Waals surface area (Å²) in [4.78, 5) is 1.44. The van der Waals surface area contributed by atoms with Crippen LogP contribution in [-0.4, -0.2) is 6.54 Å². The molecule has 1 nitrogen and oxygen atoms in total. The molecule has 1 rings (SSSR count). The van der Waals surface area contributed by atoms with E-state index in [2.05, 4.69) is 30.3 Å². The minimum absolute atomic E-state index is 0.997. The van der Waals surface area contributed by atoms with Gasteiger partial charge in [-0.1, -0.05) is 6.08 Å². The van der Waals surface area contributed by atoms with Crippen LogP contribution in [0.15, 0.2) is 24.1 Å². The Bertz CT molecular complexity index is 240. The first kappa shape index (κ1) is 9.49. The van der Waals surface area contributed by atoms with Crippen LogP contribution < -0.4 is 5.32 Å². The molecular formula is C10H15NS. The van der Waals surface area contributed by atoms with Gasteiger partial charge in [-0.25, -0.2) is 0 Å². The Kier molecular flexibility index (Phi) is 4.05. The van der Waals surface area contributed by atoms with E-state index in [9.17, 15) is 0 Å². The summed E-state index contributed by atoms with van der Waals surface area (Å²) in [5.74, 6) is 0. The molecule has 0 unspecified atom stereocenters. The van der Waals surface area contributed by atoms with E-state index in [0.29, 0.717) is 0 Å². The van der Waals surface area contributed by atoms with E-state index in [1.165, 1.54) is 10.4 Å². The Morgan fingerprint density at radius 3 is 3.08 bits per heavy atom. The molecule has 0 atom stereocenters. The van der Waals surface area contributed by atoms with E-state index in [-0.39, 0.29) is 0 Å². The molecule has 0 saturated heterocycles. The average Bonchev–Trinajstić information content (AvgIpc) is 2.46. The summed E-state index contributed by atoms with van der Waals surface area (Å²) in [5.41, 5.74) is 1.39.